The van der Waals surface area contributed by atoms with Crippen molar-refractivity contribution >= 4 is 6.34 Å². The van der Waals surface area contributed by atoms with Crippen molar-refractivity contribution in [3.05, 3.63) is 31.1 Å². The van der Waals surface area contributed by atoms with Crippen molar-refractivity contribution in [2.24, 2.45) is 7.05 Å². The first-order valence-electron chi connectivity index (χ1n) is 4.36. The average Bonchev–Trinajstić information content (AvgIpc) is 2.62. The fourth-order valence-electron chi connectivity index (χ4n) is 1.46. The van der Waals surface area contributed by atoms with Gasteiger partial charge in [-0.3, -0.25) is 0 Å². The molecule has 68 valence electrons. The van der Waals surface area contributed by atoms with Crippen LogP contribution in [0, 0.1) is 0 Å². The van der Waals surface area contributed by atoms with Crippen molar-refractivity contribution in [1.29, 1.82) is 0 Å². The lowest BCUT2D eigenvalue weighted by Crippen LogP contribution is -3.05. The van der Waals surface area contributed by atoms with E-state index in [1.54, 1.807) is 0 Å². The van der Waals surface area contributed by atoms with E-state index in [2.05, 4.69) is 40.4 Å². The zero-order valence-corrected chi connectivity index (χ0v) is 8.01. The minimum atomic E-state index is 0.946. The van der Waals surface area contributed by atoms with Gasteiger partial charge >= 0.3 is 6.34 Å². The van der Waals surface area contributed by atoms with Crippen molar-refractivity contribution < 1.29 is 14.0 Å². The molecule has 1 aliphatic heterocycles. The summed E-state index contributed by atoms with van der Waals surface area (Å²) in [4.78, 5) is 1.33. The van der Waals surface area contributed by atoms with Crippen LogP contribution in [0.1, 0.15) is 0 Å². The van der Waals surface area contributed by atoms with Crippen molar-refractivity contribution in [1.82, 2.24) is 4.57 Å². The lowest BCUT2D eigenvalue weighted by Gasteiger charge is -1.97. The molecule has 2 rings (SSSR count). The van der Waals surface area contributed by atoms with Gasteiger partial charge in [0.25, 0.3) is 0 Å². The van der Waals surface area contributed by atoms with E-state index in [-0.39, 0.29) is 0 Å². The number of nitrogens with one attached hydrogen (secondary N) is 1. The second-order valence-electron chi connectivity index (χ2n) is 3.44. The highest BCUT2D eigenvalue weighted by molar-refractivity contribution is 5.38. The highest BCUT2D eigenvalue weighted by Crippen LogP contribution is 1.79. The fraction of sp³-hybridized carbons (Fsp3) is 0.333. The van der Waals surface area contributed by atoms with E-state index in [4.69, 9.17) is 0 Å². The summed E-state index contributed by atoms with van der Waals surface area (Å²) < 4.78 is 6.27. The van der Waals surface area contributed by atoms with Gasteiger partial charge in [0.1, 0.15) is 19.4 Å². The van der Waals surface area contributed by atoms with Crippen LogP contribution in [0.5, 0.6) is 0 Å². The highest BCUT2D eigenvalue weighted by atomic mass is 15.3. The number of imidazole rings is 1. The lowest BCUT2D eigenvalue weighted by molar-refractivity contribution is -0.776. The zero-order chi connectivity index (χ0) is 9.26. The summed E-state index contributed by atoms with van der Waals surface area (Å²) in [5, 5.41) is 0. The Kier molecular flexibility index (Phi) is 1.98. The van der Waals surface area contributed by atoms with Gasteiger partial charge in [-0.1, -0.05) is 0 Å². The van der Waals surface area contributed by atoms with E-state index >= 15 is 0 Å². The van der Waals surface area contributed by atoms with E-state index in [9.17, 15) is 0 Å². The summed E-state index contributed by atoms with van der Waals surface area (Å²) in [6.45, 7) is 0.946. The molecule has 4 nitrogen and oxygen atoms in total. The first kappa shape index (κ1) is 8.19. The highest BCUT2D eigenvalue weighted by Gasteiger charge is 2.16. The summed E-state index contributed by atoms with van der Waals surface area (Å²) in [5.41, 5.74) is 0. The van der Waals surface area contributed by atoms with Crippen LogP contribution in [0.15, 0.2) is 31.1 Å². The molecule has 1 N–H and O–H groups in total. The van der Waals surface area contributed by atoms with Crippen LogP contribution in [-0.4, -0.2) is 22.5 Å². The number of hydrogen-bond donors (Lipinski definition) is 1. The molecule has 0 fully saturated rings. The summed E-state index contributed by atoms with van der Waals surface area (Å²) in [5.74, 6) is 0. The number of hydrogen-bond acceptors (Lipinski definition) is 0. The van der Waals surface area contributed by atoms with E-state index in [1.807, 2.05) is 24.9 Å². The first-order valence-corrected chi connectivity index (χ1v) is 4.36. The van der Waals surface area contributed by atoms with Crippen molar-refractivity contribution in [2.45, 2.75) is 6.67 Å². The summed E-state index contributed by atoms with van der Waals surface area (Å²) in [6.07, 6.45) is 12.5. The van der Waals surface area contributed by atoms with Crippen LogP contribution in [0.25, 0.3) is 0 Å². The second-order valence-corrected chi connectivity index (χ2v) is 3.44. The van der Waals surface area contributed by atoms with Crippen LogP contribution in [-0.2, 0) is 13.7 Å². The second kappa shape index (κ2) is 3.14. The molecule has 1 unspecified atom stereocenters. The third kappa shape index (κ3) is 1.84. The fourth-order valence-corrected chi connectivity index (χ4v) is 1.46. The van der Waals surface area contributed by atoms with E-state index in [0.29, 0.717) is 0 Å². The maximum absolute atomic E-state index is 2.16. The maximum atomic E-state index is 2.16. The van der Waals surface area contributed by atoms with Crippen LogP contribution >= 0.6 is 0 Å². The van der Waals surface area contributed by atoms with Crippen LogP contribution in [0.2, 0.25) is 0 Å². The standard InChI is InChI=1S/C9H14N4/c1-10-3-5-12(7-10)9-13-6-4-11(2)8-13/h3-8H,9H2,1-2H3/q+2/p+1. The predicted molar refractivity (Wildman–Crippen MR) is 48.0 cm³/mol. The molecule has 0 saturated carbocycles. The Balaban J connectivity index is 2.04. The molecular weight excluding hydrogens is 164 g/mol. The average molecular weight is 179 g/mol. The zero-order valence-electron chi connectivity index (χ0n) is 8.01. The monoisotopic (exact) mass is 179 g/mol. The molecule has 0 saturated heterocycles. The molecule has 1 aliphatic rings. The third-order valence-corrected chi connectivity index (χ3v) is 2.08. The SMILES string of the molecule is C[N+]1=C[NH+](Cn2cc[n+](C)c2)C=C1. The maximum Gasteiger partial charge on any atom is 0.338 e. The Labute approximate surface area is 77.6 Å². The Bertz CT molecular complexity index is 361. The number of aromatic nitrogens is 2. The molecule has 0 aliphatic carbocycles. The summed E-state index contributed by atoms with van der Waals surface area (Å²) in [7, 11) is 4.07. The van der Waals surface area contributed by atoms with Gasteiger partial charge in [0.2, 0.25) is 19.2 Å². The van der Waals surface area contributed by atoms with Gasteiger partial charge in [0, 0.05) is 0 Å². The minimum absolute atomic E-state index is 0.946. The molecule has 0 aromatic carbocycles. The molecule has 1 aromatic heterocycles. The van der Waals surface area contributed by atoms with Crippen LogP contribution in [0.4, 0.5) is 0 Å². The third-order valence-electron chi connectivity index (χ3n) is 2.08. The van der Waals surface area contributed by atoms with Gasteiger partial charge in [-0.25, -0.2) is 4.57 Å². The molecular formula is C9H15N4+3. The van der Waals surface area contributed by atoms with E-state index < -0.39 is 0 Å². The smallest absolute Gasteiger partial charge is 0.239 e. The van der Waals surface area contributed by atoms with Gasteiger partial charge in [0.05, 0.1) is 7.05 Å². The lowest BCUT2D eigenvalue weighted by atomic mass is 10.7. The topological polar surface area (TPSA) is 16.3 Å². The van der Waals surface area contributed by atoms with E-state index in [0.717, 1.165) is 6.67 Å². The number of aryl methyl sites for hydroxylation is 1. The van der Waals surface area contributed by atoms with Gasteiger partial charge < -0.3 is 0 Å². The molecule has 1 aromatic rings. The number of quaternary nitrogens is 1. The van der Waals surface area contributed by atoms with Gasteiger partial charge in [-0.2, -0.15) is 14.0 Å². The number of rotatable bonds is 2. The Morgan fingerprint density at radius 2 is 2.23 bits per heavy atom. The molecule has 13 heavy (non-hydrogen) atoms. The Morgan fingerprint density at radius 1 is 1.38 bits per heavy atom. The van der Waals surface area contributed by atoms with E-state index in [1.165, 1.54) is 4.90 Å². The number of nitrogens with zero attached hydrogens (tertiary/aromatic N) is 3. The molecule has 0 bridgehead atoms. The molecule has 0 spiro atoms. The Hall–Kier alpha value is -1.42. The predicted octanol–water partition coefficient (Wildman–Crippen LogP) is -1.69. The van der Waals surface area contributed by atoms with Crippen molar-refractivity contribution in [2.75, 3.05) is 7.05 Å². The van der Waals surface area contributed by atoms with Gasteiger partial charge in [0.15, 0.2) is 6.20 Å². The molecule has 0 radical (unpaired) electrons. The van der Waals surface area contributed by atoms with Crippen LogP contribution < -0.4 is 9.47 Å². The largest absolute Gasteiger partial charge is 0.338 e. The Morgan fingerprint density at radius 3 is 2.77 bits per heavy atom. The van der Waals surface area contributed by atoms with Gasteiger partial charge in [-0.15, -0.1) is 0 Å². The molecule has 2 heterocycles. The van der Waals surface area contributed by atoms with Gasteiger partial charge in [-0.05, 0) is 0 Å². The molecule has 1 atom stereocenters. The normalized spacial score (nSPS) is 20.8. The first-order chi connectivity index (χ1) is 6.24. The molecule has 0 amide bonds. The molecule has 4 heteroatoms. The summed E-state index contributed by atoms with van der Waals surface area (Å²) >= 11 is 0. The quantitative estimate of drug-likeness (QED) is 0.522. The van der Waals surface area contributed by atoms with Crippen molar-refractivity contribution in [3.63, 3.8) is 0 Å². The van der Waals surface area contributed by atoms with Crippen molar-refractivity contribution in [3.8, 4) is 0 Å². The minimum Gasteiger partial charge on any atom is -0.239 e. The van der Waals surface area contributed by atoms with Crippen LogP contribution in [0.3, 0.4) is 0 Å². The summed E-state index contributed by atoms with van der Waals surface area (Å²) in [6, 6.07) is 0.